The van der Waals surface area contributed by atoms with E-state index in [0.717, 1.165) is 11.1 Å². The average Bonchev–Trinajstić information content (AvgIpc) is 2.23. The van der Waals surface area contributed by atoms with Crippen molar-refractivity contribution in [2.45, 2.75) is 33.7 Å². The summed E-state index contributed by atoms with van der Waals surface area (Å²) in [7, 11) is 0. The first kappa shape index (κ1) is 18.0. The van der Waals surface area contributed by atoms with Crippen molar-refractivity contribution in [3.8, 4) is 5.75 Å². The lowest BCUT2D eigenvalue weighted by molar-refractivity contribution is 0.259. The number of halogens is 1. The molecule has 1 aromatic carbocycles. The molecule has 0 aliphatic carbocycles. The van der Waals surface area contributed by atoms with Crippen LogP contribution < -0.4 is 21.8 Å². The lowest BCUT2D eigenvalue weighted by Gasteiger charge is -2.10. The van der Waals surface area contributed by atoms with Crippen molar-refractivity contribution in [1.82, 2.24) is 5.48 Å². The molecule has 0 unspecified atom stereocenters. The van der Waals surface area contributed by atoms with Crippen molar-refractivity contribution in [1.29, 1.82) is 0 Å². The summed E-state index contributed by atoms with van der Waals surface area (Å²) in [5, 5.41) is 0. The Morgan fingerprint density at radius 1 is 1.15 bits per heavy atom. The molecule has 6 nitrogen and oxygen atoms in total. The molecule has 1 rings (SSSR count). The molecule has 0 bridgehead atoms. The number of hydroxylamine groups is 1. The Labute approximate surface area is 125 Å². The van der Waals surface area contributed by atoms with Crippen LogP contribution in [0.4, 0.5) is 0 Å². The maximum atomic E-state index is 5.43. The molecular weight excluding hydrogens is 278 g/mol. The molecule has 0 aliphatic heterocycles. The monoisotopic (exact) mass is 299 g/mol. The topological polar surface area (TPSA) is 98.0 Å². The van der Waals surface area contributed by atoms with Gasteiger partial charge in [-0.25, -0.2) is 4.99 Å². The van der Waals surface area contributed by atoms with Crippen LogP contribution in [0.5, 0.6) is 5.75 Å². The van der Waals surface area contributed by atoms with Gasteiger partial charge in [0.05, 0.1) is 0 Å². The van der Waals surface area contributed by atoms with E-state index in [1.54, 1.807) is 0 Å². The summed E-state index contributed by atoms with van der Waals surface area (Å²) in [5.41, 5.74) is 15.6. The lowest BCUT2D eigenvalue weighted by Crippen LogP contribution is -2.32. The van der Waals surface area contributed by atoms with Gasteiger partial charge in [0.1, 0.15) is 0 Å². The molecule has 7 heteroatoms. The number of guanidine groups is 2. The third kappa shape index (κ3) is 6.84. The summed E-state index contributed by atoms with van der Waals surface area (Å²) in [6.45, 7) is 7.83. The summed E-state index contributed by atoms with van der Waals surface area (Å²) >= 11 is 0. The van der Waals surface area contributed by atoms with Crippen LogP contribution in [0.1, 0.15) is 25.0 Å². The minimum absolute atomic E-state index is 0. The highest BCUT2D eigenvalue weighted by Gasteiger charge is 2.02. The number of hydrogen-bond acceptors (Lipinski definition) is 2. The number of aliphatic imine (C=N–C) groups is 2. The molecule has 5 N–H and O–H groups in total. The van der Waals surface area contributed by atoms with Crippen LogP contribution in [0, 0.1) is 13.8 Å². The van der Waals surface area contributed by atoms with E-state index in [4.69, 9.17) is 16.3 Å². The van der Waals surface area contributed by atoms with Gasteiger partial charge in [-0.2, -0.15) is 10.5 Å². The van der Waals surface area contributed by atoms with Crippen molar-refractivity contribution in [3.63, 3.8) is 0 Å². The second-order valence-electron chi connectivity index (χ2n) is 4.61. The Kier molecular flexibility index (Phi) is 7.46. The van der Waals surface area contributed by atoms with E-state index >= 15 is 0 Å². The lowest BCUT2D eigenvalue weighted by atomic mass is 10.1. The highest BCUT2D eigenvalue weighted by molar-refractivity contribution is 5.93. The Morgan fingerprint density at radius 2 is 1.70 bits per heavy atom. The van der Waals surface area contributed by atoms with Crippen LogP contribution in [0.2, 0.25) is 0 Å². The molecule has 0 heterocycles. The molecule has 0 atom stereocenters. The van der Waals surface area contributed by atoms with Crippen LogP contribution >= 0.6 is 12.4 Å². The number of nitrogens with two attached hydrogens (primary N) is 2. The molecule has 0 fully saturated rings. The first-order valence-electron chi connectivity index (χ1n) is 6.05. The molecule has 0 radical (unpaired) electrons. The van der Waals surface area contributed by atoms with Gasteiger partial charge >= 0.3 is 0 Å². The molecule has 0 spiro atoms. The standard InChI is InChI=1S/C13H21N5O.ClH/c1-8(2)16-13(17-12(14)15)18-19-11-6-9(3)5-10(4)7-11;/h5-8H,1-4H3,(H5,14,15,16,17,18);1H. The minimum atomic E-state index is -0.0732. The van der Waals surface area contributed by atoms with Gasteiger partial charge in [-0.15, -0.1) is 12.4 Å². The molecule has 0 aliphatic rings. The predicted molar refractivity (Wildman–Crippen MR) is 85.3 cm³/mol. The largest absolute Gasteiger partial charge is 0.379 e. The van der Waals surface area contributed by atoms with Crippen LogP contribution in [0.3, 0.4) is 0 Å². The maximum Gasteiger partial charge on any atom is 0.255 e. The van der Waals surface area contributed by atoms with Crippen LogP contribution in [-0.2, 0) is 0 Å². The number of rotatable bonds is 3. The molecule has 0 amide bonds. The zero-order valence-electron chi connectivity index (χ0n) is 12.2. The molecule has 0 aromatic heterocycles. The normalized spacial score (nSPS) is 10.8. The second kappa shape index (κ2) is 8.27. The summed E-state index contributed by atoms with van der Waals surface area (Å²) < 4.78 is 0. The fourth-order valence-electron chi connectivity index (χ4n) is 1.54. The highest BCUT2D eigenvalue weighted by atomic mass is 35.5. The molecule has 0 saturated carbocycles. The number of nitrogens with one attached hydrogen (secondary N) is 1. The number of benzene rings is 1. The number of nitrogens with zero attached hydrogens (tertiary/aromatic N) is 2. The fraction of sp³-hybridized carbons (Fsp3) is 0.385. The average molecular weight is 300 g/mol. The molecular formula is C13H22ClN5O. The van der Waals surface area contributed by atoms with Gasteiger partial charge in [-0.1, -0.05) is 6.07 Å². The summed E-state index contributed by atoms with van der Waals surface area (Å²) in [6.07, 6.45) is 0. The van der Waals surface area contributed by atoms with Crippen molar-refractivity contribution in [3.05, 3.63) is 29.3 Å². The van der Waals surface area contributed by atoms with Gasteiger partial charge in [0, 0.05) is 6.04 Å². The fourth-order valence-corrected chi connectivity index (χ4v) is 1.54. The Bertz CT molecular complexity index is 475. The first-order valence-corrected chi connectivity index (χ1v) is 6.05. The summed E-state index contributed by atoms with van der Waals surface area (Å²) in [4.78, 5) is 13.5. The molecule has 1 aromatic rings. The third-order valence-corrected chi connectivity index (χ3v) is 2.07. The van der Waals surface area contributed by atoms with Crippen molar-refractivity contribution < 1.29 is 4.84 Å². The van der Waals surface area contributed by atoms with Crippen molar-refractivity contribution >= 4 is 24.3 Å². The van der Waals surface area contributed by atoms with Gasteiger partial charge in [-0.3, -0.25) is 0 Å². The Morgan fingerprint density at radius 3 is 2.15 bits per heavy atom. The maximum absolute atomic E-state index is 5.43. The molecule has 0 saturated heterocycles. The van der Waals surface area contributed by atoms with E-state index in [0.29, 0.717) is 5.75 Å². The van der Waals surface area contributed by atoms with Gasteiger partial charge in [0.15, 0.2) is 11.7 Å². The van der Waals surface area contributed by atoms with E-state index in [2.05, 4.69) is 21.5 Å². The quantitative estimate of drug-likeness (QED) is 0.449. The van der Waals surface area contributed by atoms with E-state index < -0.39 is 0 Å². The van der Waals surface area contributed by atoms with Crippen LogP contribution in [-0.4, -0.2) is 18.0 Å². The third-order valence-electron chi connectivity index (χ3n) is 2.07. The van der Waals surface area contributed by atoms with E-state index in [9.17, 15) is 0 Å². The van der Waals surface area contributed by atoms with Gasteiger partial charge in [0.25, 0.3) is 5.96 Å². The van der Waals surface area contributed by atoms with Crippen LogP contribution in [0.15, 0.2) is 28.2 Å². The van der Waals surface area contributed by atoms with E-state index in [1.807, 2.05) is 39.8 Å². The summed E-state index contributed by atoms with van der Waals surface area (Å²) in [6, 6.07) is 5.92. The van der Waals surface area contributed by atoms with Gasteiger partial charge < -0.3 is 16.3 Å². The smallest absolute Gasteiger partial charge is 0.255 e. The van der Waals surface area contributed by atoms with Gasteiger partial charge in [-0.05, 0) is 51.0 Å². The second-order valence-corrected chi connectivity index (χ2v) is 4.61. The molecule has 112 valence electrons. The SMILES string of the molecule is Cc1cc(C)cc(ONC(N=C(N)N)=NC(C)C)c1.Cl. The zero-order valence-corrected chi connectivity index (χ0v) is 13.0. The van der Waals surface area contributed by atoms with E-state index in [-0.39, 0.29) is 30.4 Å². The number of hydrogen-bond donors (Lipinski definition) is 3. The minimum Gasteiger partial charge on any atom is -0.379 e. The van der Waals surface area contributed by atoms with Gasteiger partial charge in [0.2, 0.25) is 0 Å². The first-order chi connectivity index (χ1) is 8.86. The number of aryl methyl sites for hydroxylation is 2. The Balaban J connectivity index is 0.00000361. The van der Waals surface area contributed by atoms with E-state index in [1.165, 1.54) is 0 Å². The summed E-state index contributed by atoms with van der Waals surface area (Å²) in [5.74, 6) is 0.852. The zero-order chi connectivity index (χ0) is 14.4. The van der Waals surface area contributed by atoms with Crippen LogP contribution in [0.25, 0.3) is 0 Å². The predicted octanol–water partition coefficient (Wildman–Crippen LogP) is 1.65. The highest BCUT2D eigenvalue weighted by Crippen LogP contribution is 2.15. The van der Waals surface area contributed by atoms with Crippen molar-refractivity contribution in [2.75, 3.05) is 0 Å². The van der Waals surface area contributed by atoms with Crippen molar-refractivity contribution in [2.24, 2.45) is 21.5 Å². The Hall–Kier alpha value is -1.95. The molecule has 20 heavy (non-hydrogen) atoms.